The second-order valence-corrected chi connectivity index (χ2v) is 11.2. The molecule has 8 nitrogen and oxygen atoms in total. The van der Waals surface area contributed by atoms with Crippen LogP contribution in [0.2, 0.25) is 0 Å². The normalized spacial score (nSPS) is 11.7. The lowest BCUT2D eigenvalue weighted by atomic mass is 10.0. The number of hydrogen-bond acceptors (Lipinski definition) is 6. The number of nitrogens with zero attached hydrogens (tertiary/aromatic N) is 2. The van der Waals surface area contributed by atoms with Gasteiger partial charge in [-0.3, -0.25) is 9.59 Å². The molecule has 1 aromatic heterocycles. The first-order valence-electron chi connectivity index (χ1n) is 15.0. The van der Waals surface area contributed by atoms with Gasteiger partial charge in [0.05, 0.1) is 24.9 Å². The number of alkyl halides is 3. The molecule has 49 heavy (non-hydrogen) atoms. The first kappa shape index (κ1) is 34.2. The number of nitriles is 1. The summed E-state index contributed by atoms with van der Waals surface area (Å²) in [6, 6.07) is 27.7. The van der Waals surface area contributed by atoms with Crippen molar-refractivity contribution in [3.63, 3.8) is 0 Å². The van der Waals surface area contributed by atoms with E-state index in [1.54, 1.807) is 54.6 Å². The molecule has 1 N–H and O–H groups in total. The molecule has 5 aromatic rings. The van der Waals surface area contributed by atoms with Crippen LogP contribution in [-0.4, -0.2) is 23.6 Å². The van der Waals surface area contributed by atoms with E-state index in [1.165, 1.54) is 48.1 Å². The minimum atomic E-state index is -4.93. The van der Waals surface area contributed by atoms with Gasteiger partial charge in [0.25, 0.3) is 11.5 Å². The molecule has 1 atom stereocenters. The number of nitrogens with one attached hydrogen (secondary N) is 1. The molecular weight excluding hydrogens is 635 g/mol. The van der Waals surface area contributed by atoms with Gasteiger partial charge in [0.15, 0.2) is 6.04 Å². The van der Waals surface area contributed by atoms with Gasteiger partial charge in [-0.15, -0.1) is 0 Å². The van der Waals surface area contributed by atoms with Gasteiger partial charge in [0, 0.05) is 5.56 Å². The third-order valence-electron chi connectivity index (χ3n) is 7.87. The molecule has 0 spiro atoms. The van der Waals surface area contributed by atoms with Gasteiger partial charge in [-0.05, 0) is 84.6 Å². The van der Waals surface area contributed by atoms with E-state index in [4.69, 9.17) is 9.47 Å². The van der Waals surface area contributed by atoms with Crippen molar-refractivity contribution in [3.05, 3.63) is 152 Å². The van der Waals surface area contributed by atoms with Gasteiger partial charge in [-0.25, -0.2) is 4.79 Å². The van der Waals surface area contributed by atoms with Gasteiger partial charge >= 0.3 is 12.1 Å². The van der Waals surface area contributed by atoms with Crippen molar-refractivity contribution in [3.8, 4) is 28.8 Å². The van der Waals surface area contributed by atoms with Gasteiger partial charge in [-0.1, -0.05) is 60.2 Å². The van der Waals surface area contributed by atoms with Crippen molar-refractivity contribution in [2.75, 3.05) is 7.11 Å². The molecule has 248 valence electrons. The molecule has 0 unspecified atom stereocenters. The van der Waals surface area contributed by atoms with Crippen LogP contribution in [0.15, 0.2) is 108 Å². The molecular formula is C38H30F3N3O5. The van der Waals surface area contributed by atoms with Gasteiger partial charge in [0.1, 0.15) is 23.1 Å². The maximum absolute atomic E-state index is 14.0. The minimum absolute atomic E-state index is 0.0277. The lowest BCUT2D eigenvalue weighted by Gasteiger charge is -2.19. The lowest BCUT2D eigenvalue weighted by Crippen LogP contribution is -2.34. The van der Waals surface area contributed by atoms with E-state index in [0.717, 1.165) is 17.2 Å². The first-order chi connectivity index (χ1) is 23.4. The van der Waals surface area contributed by atoms with E-state index in [9.17, 15) is 32.8 Å². The average molecular weight is 666 g/mol. The van der Waals surface area contributed by atoms with Crippen molar-refractivity contribution < 1.29 is 32.2 Å². The van der Waals surface area contributed by atoms with Crippen LogP contribution in [0.1, 0.15) is 49.8 Å². The monoisotopic (exact) mass is 665 g/mol. The number of amides is 1. The zero-order valence-electron chi connectivity index (χ0n) is 26.7. The summed E-state index contributed by atoms with van der Waals surface area (Å²) in [4.78, 5) is 38.9. The summed E-state index contributed by atoms with van der Waals surface area (Å²) in [5.41, 5.74) is 0.191. The Hall–Kier alpha value is -6.15. The summed E-state index contributed by atoms with van der Waals surface area (Å²) < 4.78 is 54.0. The summed E-state index contributed by atoms with van der Waals surface area (Å²) in [6.07, 6.45) is -4.93. The SMILES string of the molecule is COC(=O)[C@H](NC(=O)c1cccc(Oc2ccc(-c3cc(C(F)(F)F)c(C#N)c(=O)n3Cc3ccc(C)cc3C)cc2)c1)c1ccccc1. The number of benzene rings is 4. The zero-order valence-corrected chi connectivity index (χ0v) is 26.7. The molecule has 0 fully saturated rings. The third-order valence-corrected chi connectivity index (χ3v) is 7.87. The highest BCUT2D eigenvalue weighted by molar-refractivity contribution is 5.97. The predicted molar refractivity (Wildman–Crippen MR) is 176 cm³/mol. The van der Waals surface area contributed by atoms with Crippen LogP contribution in [0.5, 0.6) is 11.5 Å². The molecule has 0 aliphatic heterocycles. The Bertz CT molecular complexity index is 2120. The van der Waals surface area contributed by atoms with E-state index >= 15 is 0 Å². The number of pyridine rings is 1. The number of carbonyl (C=O) groups is 2. The smallest absolute Gasteiger partial charge is 0.417 e. The van der Waals surface area contributed by atoms with E-state index in [-0.39, 0.29) is 29.1 Å². The number of rotatable bonds is 9. The Morgan fingerprint density at radius 2 is 1.61 bits per heavy atom. The number of esters is 1. The molecule has 0 saturated heterocycles. The minimum Gasteiger partial charge on any atom is -0.467 e. The Morgan fingerprint density at radius 1 is 0.898 bits per heavy atom. The van der Waals surface area contributed by atoms with Crippen LogP contribution in [0.25, 0.3) is 11.3 Å². The van der Waals surface area contributed by atoms with Crippen LogP contribution in [0.3, 0.4) is 0 Å². The number of halogens is 3. The summed E-state index contributed by atoms with van der Waals surface area (Å²) in [5.74, 6) is -0.621. The van der Waals surface area contributed by atoms with Crippen LogP contribution >= 0.6 is 0 Å². The van der Waals surface area contributed by atoms with Gasteiger partial charge in [-0.2, -0.15) is 18.4 Å². The molecule has 1 heterocycles. The van der Waals surface area contributed by atoms with Crippen LogP contribution < -0.4 is 15.6 Å². The Balaban J connectivity index is 1.44. The molecule has 0 radical (unpaired) electrons. The second-order valence-electron chi connectivity index (χ2n) is 11.2. The van der Waals surface area contributed by atoms with Gasteiger partial charge < -0.3 is 19.4 Å². The molecule has 5 rings (SSSR count). The molecule has 0 aliphatic carbocycles. The molecule has 1 amide bonds. The summed E-state index contributed by atoms with van der Waals surface area (Å²) in [6.45, 7) is 3.69. The van der Waals surface area contributed by atoms with Crippen LogP contribution in [0.4, 0.5) is 13.2 Å². The van der Waals surface area contributed by atoms with Crippen molar-refractivity contribution >= 4 is 11.9 Å². The fourth-order valence-corrected chi connectivity index (χ4v) is 5.35. The molecule has 0 aliphatic rings. The van der Waals surface area contributed by atoms with Crippen molar-refractivity contribution in [2.45, 2.75) is 32.6 Å². The predicted octanol–water partition coefficient (Wildman–Crippen LogP) is 7.51. The molecule has 4 aromatic carbocycles. The highest BCUT2D eigenvalue weighted by atomic mass is 19.4. The molecule has 0 saturated carbocycles. The highest BCUT2D eigenvalue weighted by Crippen LogP contribution is 2.35. The number of ether oxygens (including phenoxy) is 2. The summed E-state index contributed by atoms with van der Waals surface area (Å²) in [7, 11) is 1.23. The number of methoxy groups -OCH3 is 1. The Labute approximate surface area is 280 Å². The van der Waals surface area contributed by atoms with E-state index in [2.05, 4.69) is 5.32 Å². The Kier molecular flexibility index (Phi) is 9.99. The fourth-order valence-electron chi connectivity index (χ4n) is 5.35. The maximum Gasteiger partial charge on any atom is 0.417 e. The van der Waals surface area contributed by atoms with E-state index < -0.39 is 40.8 Å². The first-order valence-corrected chi connectivity index (χ1v) is 15.0. The summed E-state index contributed by atoms with van der Waals surface area (Å²) in [5, 5.41) is 12.2. The standard InChI is InChI=1S/C38H30F3N3O5/c1-23-12-13-28(24(2)18-23)22-44-33(20-32(38(39,40)41)31(21-42)36(44)46)25-14-16-29(17-15-25)49-30-11-7-10-27(19-30)35(45)43-34(37(47)48-3)26-8-5-4-6-9-26/h4-20,34H,22H2,1-3H3,(H,43,45)/t34-/m1/s1. The Morgan fingerprint density at radius 3 is 2.24 bits per heavy atom. The van der Waals surface area contributed by atoms with Crippen molar-refractivity contribution in [1.82, 2.24) is 9.88 Å². The highest BCUT2D eigenvalue weighted by Gasteiger charge is 2.36. The third kappa shape index (κ3) is 7.71. The average Bonchev–Trinajstić information content (AvgIpc) is 3.09. The lowest BCUT2D eigenvalue weighted by molar-refractivity contribution is -0.143. The fraction of sp³-hybridized carbons (Fsp3) is 0.158. The van der Waals surface area contributed by atoms with Crippen molar-refractivity contribution in [1.29, 1.82) is 5.26 Å². The molecule has 11 heteroatoms. The van der Waals surface area contributed by atoms with Crippen LogP contribution in [-0.2, 0) is 22.3 Å². The summed E-state index contributed by atoms with van der Waals surface area (Å²) >= 11 is 0. The second kappa shape index (κ2) is 14.3. The maximum atomic E-state index is 14.0. The number of aryl methyl sites for hydroxylation is 2. The van der Waals surface area contributed by atoms with Crippen molar-refractivity contribution in [2.24, 2.45) is 0 Å². The van der Waals surface area contributed by atoms with Gasteiger partial charge in [0.2, 0.25) is 0 Å². The topological polar surface area (TPSA) is 110 Å². The number of aromatic nitrogens is 1. The largest absolute Gasteiger partial charge is 0.467 e. The number of hydrogen-bond donors (Lipinski definition) is 1. The van der Waals surface area contributed by atoms with E-state index in [0.29, 0.717) is 16.9 Å². The van der Waals surface area contributed by atoms with Crippen LogP contribution in [0, 0.1) is 25.2 Å². The number of carbonyl (C=O) groups excluding carboxylic acids is 2. The van der Waals surface area contributed by atoms with E-state index in [1.807, 2.05) is 26.0 Å². The molecule has 0 bridgehead atoms. The zero-order chi connectivity index (χ0) is 35.3. The quantitative estimate of drug-likeness (QED) is 0.163.